The molecule has 16 heavy (non-hydrogen) atoms. The molecule has 0 spiro atoms. The maximum Gasteiger partial charge on any atom is 0.242 e. The summed E-state index contributed by atoms with van der Waals surface area (Å²) in [5.41, 5.74) is 1.76. The second-order valence-electron chi connectivity index (χ2n) is 3.70. The Bertz CT molecular complexity index is 383. The van der Waals surface area contributed by atoms with Crippen molar-refractivity contribution in [3.05, 3.63) is 24.5 Å². The van der Waals surface area contributed by atoms with Crippen molar-refractivity contribution >= 4 is 11.6 Å². The molecule has 0 aliphatic heterocycles. The zero-order valence-corrected chi connectivity index (χ0v) is 9.95. The molecule has 5 heteroatoms. The third-order valence-corrected chi connectivity index (χ3v) is 2.20. The fraction of sp³-hybridized carbons (Fsp3) is 0.455. The van der Waals surface area contributed by atoms with Gasteiger partial charge in [0.25, 0.3) is 0 Å². The maximum absolute atomic E-state index is 11.6. The molecule has 0 aromatic carbocycles. The molecule has 1 atom stereocenters. The molecule has 5 nitrogen and oxygen atoms in total. The smallest absolute Gasteiger partial charge is 0.242 e. The van der Waals surface area contributed by atoms with Crippen LogP contribution in [-0.4, -0.2) is 28.3 Å². The van der Waals surface area contributed by atoms with E-state index in [1.807, 2.05) is 27.1 Å². The van der Waals surface area contributed by atoms with E-state index in [0.29, 0.717) is 6.54 Å². The summed E-state index contributed by atoms with van der Waals surface area (Å²) in [6, 6.07) is -0.289. The first-order valence-corrected chi connectivity index (χ1v) is 5.20. The Morgan fingerprint density at radius 3 is 2.94 bits per heavy atom. The number of aromatic nitrogens is 2. The zero-order valence-electron chi connectivity index (χ0n) is 9.95. The topological polar surface area (TPSA) is 59.0 Å². The minimum Gasteiger partial charge on any atom is -0.371 e. The molecule has 1 aromatic heterocycles. The van der Waals surface area contributed by atoms with Gasteiger partial charge in [-0.1, -0.05) is 6.08 Å². The molecule has 0 saturated carbocycles. The molecule has 0 fully saturated rings. The Morgan fingerprint density at radius 2 is 2.44 bits per heavy atom. The lowest BCUT2D eigenvalue weighted by atomic mass is 10.3. The van der Waals surface area contributed by atoms with Gasteiger partial charge in [-0.15, -0.1) is 6.58 Å². The van der Waals surface area contributed by atoms with Crippen molar-refractivity contribution in [1.82, 2.24) is 15.1 Å². The minimum atomic E-state index is -0.289. The van der Waals surface area contributed by atoms with Crippen molar-refractivity contribution in [3.63, 3.8) is 0 Å². The highest BCUT2D eigenvalue weighted by molar-refractivity contribution is 5.84. The molecule has 1 rings (SSSR count). The summed E-state index contributed by atoms with van der Waals surface area (Å²) in [7, 11) is 1.85. The van der Waals surface area contributed by atoms with Crippen molar-refractivity contribution in [2.75, 3.05) is 11.9 Å². The first-order valence-electron chi connectivity index (χ1n) is 5.20. The standard InChI is InChI=1S/C11H18N4O/c1-5-6-12-11(16)9(3)13-10-7-15(4)14-8(10)2/h5,7,9,13H,1,6H2,2-4H3,(H,12,16). The van der Waals surface area contributed by atoms with E-state index in [1.165, 1.54) is 0 Å². The summed E-state index contributed by atoms with van der Waals surface area (Å²) in [6.45, 7) is 7.74. The van der Waals surface area contributed by atoms with Crippen LogP contribution in [-0.2, 0) is 11.8 Å². The second kappa shape index (κ2) is 5.34. The van der Waals surface area contributed by atoms with Crippen LogP contribution in [0.3, 0.4) is 0 Å². The van der Waals surface area contributed by atoms with E-state index >= 15 is 0 Å². The largest absolute Gasteiger partial charge is 0.371 e. The van der Waals surface area contributed by atoms with Crippen molar-refractivity contribution in [3.8, 4) is 0 Å². The number of aryl methyl sites for hydroxylation is 2. The molecule has 1 unspecified atom stereocenters. The molecule has 0 aliphatic carbocycles. The van der Waals surface area contributed by atoms with Crippen molar-refractivity contribution in [2.45, 2.75) is 19.9 Å². The number of hydrogen-bond donors (Lipinski definition) is 2. The number of nitrogens with zero attached hydrogens (tertiary/aromatic N) is 2. The van der Waals surface area contributed by atoms with Gasteiger partial charge in [-0.2, -0.15) is 5.10 Å². The van der Waals surface area contributed by atoms with E-state index in [9.17, 15) is 4.79 Å². The summed E-state index contributed by atoms with van der Waals surface area (Å²) in [4.78, 5) is 11.6. The number of hydrogen-bond acceptors (Lipinski definition) is 3. The minimum absolute atomic E-state index is 0.0526. The van der Waals surface area contributed by atoms with Gasteiger partial charge in [0.1, 0.15) is 6.04 Å². The summed E-state index contributed by atoms with van der Waals surface area (Å²) in [5.74, 6) is -0.0526. The van der Waals surface area contributed by atoms with Crippen molar-refractivity contribution < 1.29 is 4.79 Å². The molecule has 0 saturated heterocycles. The van der Waals surface area contributed by atoms with Gasteiger partial charge in [-0.25, -0.2) is 0 Å². The molecule has 88 valence electrons. The number of carbonyl (C=O) groups excluding carboxylic acids is 1. The highest BCUT2D eigenvalue weighted by Crippen LogP contribution is 2.12. The highest BCUT2D eigenvalue weighted by Gasteiger charge is 2.13. The van der Waals surface area contributed by atoms with E-state index < -0.39 is 0 Å². The lowest BCUT2D eigenvalue weighted by Crippen LogP contribution is -2.37. The Hall–Kier alpha value is -1.78. The number of anilines is 1. The average molecular weight is 222 g/mol. The Morgan fingerprint density at radius 1 is 1.75 bits per heavy atom. The molecule has 1 amide bonds. The Balaban J connectivity index is 2.56. The van der Waals surface area contributed by atoms with Crippen LogP contribution in [0.1, 0.15) is 12.6 Å². The van der Waals surface area contributed by atoms with Gasteiger partial charge in [0.05, 0.1) is 11.4 Å². The van der Waals surface area contributed by atoms with Gasteiger partial charge in [-0.05, 0) is 13.8 Å². The summed E-state index contributed by atoms with van der Waals surface area (Å²) in [6.07, 6.45) is 3.51. The Kier molecular flexibility index (Phi) is 4.10. The molecule has 1 heterocycles. The fourth-order valence-corrected chi connectivity index (χ4v) is 1.37. The lowest BCUT2D eigenvalue weighted by Gasteiger charge is -2.13. The highest BCUT2D eigenvalue weighted by atomic mass is 16.2. The van der Waals surface area contributed by atoms with Crippen molar-refractivity contribution in [1.29, 1.82) is 0 Å². The van der Waals surface area contributed by atoms with Gasteiger partial charge in [-0.3, -0.25) is 9.48 Å². The summed E-state index contributed by atoms with van der Waals surface area (Å²) < 4.78 is 1.71. The van der Waals surface area contributed by atoms with Crippen LogP contribution in [0.4, 0.5) is 5.69 Å². The van der Waals surface area contributed by atoms with Crippen LogP contribution in [0.15, 0.2) is 18.9 Å². The summed E-state index contributed by atoms with van der Waals surface area (Å²) >= 11 is 0. The zero-order chi connectivity index (χ0) is 12.1. The van der Waals surface area contributed by atoms with E-state index in [4.69, 9.17) is 0 Å². The number of nitrogens with one attached hydrogen (secondary N) is 2. The van der Waals surface area contributed by atoms with Crippen LogP contribution in [0.5, 0.6) is 0 Å². The number of rotatable bonds is 5. The van der Waals surface area contributed by atoms with Gasteiger partial charge < -0.3 is 10.6 Å². The van der Waals surface area contributed by atoms with Crippen LogP contribution in [0.25, 0.3) is 0 Å². The van der Waals surface area contributed by atoms with Crippen LogP contribution >= 0.6 is 0 Å². The van der Waals surface area contributed by atoms with E-state index in [0.717, 1.165) is 11.4 Å². The van der Waals surface area contributed by atoms with Crippen molar-refractivity contribution in [2.24, 2.45) is 7.05 Å². The molecule has 0 radical (unpaired) electrons. The molecular formula is C11H18N4O. The van der Waals surface area contributed by atoms with E-state index in [-0.39, 0.29) is 11.9 Å². The first-order chi connectivity index (χ1) is 7.54. The van der Waals surface area contributed by atoms with Gasteiger partial charge in [0, 0.05) is 19.8 Å². The first kappa shape index (κ1) is 12.3. The van der Waals surface area contributed by atoms with Gasteiger partial charge in [0.2, 0.25) is 5.91 Å². The van der Waals surface area contributed by atoms with E-state index in [2.05, 4.69) is 22.3 Å². The monoisotopic (exact) mass is 222 g/mol. The predicted octanol–water partition coefficient (Wildman–Crippen LogP) is 0.831. The van der Waals surface area contributed by atoms with Crippen LogP contribution < -0.4 is 10.6 Å². The third-order valence-electron chi connectivity index (χ3n) is 2.20. The van der Waals surface area contributed by atoms with Crippen LogP contribution in [0, 0.1) is 6.92 Å². The molecule has 1 aromatic rings. The predicted molar refractivity (Wildman–Crippen MR) is 64.2 cm³/mol. The lowest BCUT2D eigenvalue weighted by molar-refractivity contribution is -0.121. The summed E-state index contributed by atoms with van der Waals surface area (Å²) in [5, 5.41) is 10.0. The quantitative estimate of drug-likeness (QED) is 0.725. The Labute approximate surface area is 95.5 Å². The second-order valence-corrected chi connectivity index (χ2v) is 3.70. The van der Waals surface area contributed by atoms with Gasteiger partial charge >= 0.3 is 0 Å². The SMILES string of the molecule is C=CCNC(=O)C(C)Nc1cn(C)nc1C. The van der Waals surface area contributed by atoms with Crippen LogP contribution in [0.2, 0.25) is 0 Å². The molecular weight excluding hydrogens is 204 g/mol. The number of carbonyl (C=O) groups is 1. The normalized spacial score (nSPS) is 11.9. The maximum atomic E-state index is 11.6. The van der Waals surface area contributed by atoms with E-state index in [1.54, 1.807) is 10.8 Å². The number of amides is 1. The molecule has 0 aliphatic rings. The fourth-order valence-electron chi connectivity index (χ4n) is 1.37. The average Bonchev–Trinajstić information content (AvgIpc) is 2.53. The molecule has 0 bridgehead atoms. The van der Waals surface area contributed by atoms with Gasteiger partial charge in [0.15, 0.2) is 0 Å². The molecule has 2 N–H and O–H groups in total. The third kappa shape index (κ3) is 3.12.